The molecule has 0 N–H and O–H groups in total. The van der Waals surface area contributed by atoms with E-state index in [2.05, 4.69) is 19.6 Å². The van der Waals surface area contributed by atoms with Gasteiger partial charge in [-0.3, -0.25) is 0 Å². The van der Waals surface area contributed by atoms with Crippen molar-refractivity contribution in [2.45, 2.75) is 84.0 Å². The Balaban J connectivity index is 1.42. The van der Waals surface area contributed by atoms with Crippen LogP contribution in [-0.2, 0) is 0 Å². The maximum atomic E-state index is 3.98. The number of hydrogen-bond acceptors (Lipinski definition) is 0. The zero-order valence-corrected chi connectivity index (χ0v) is 14.1. The lowest BCUT2D eigenvalue weighted by Gasteiger charge is -2.40. The quantitative estimate of drug-likeness (QED) is 0.517. The molecule has 0 aromatic rings. The molecule has 21 heavy (non-hydrogen) atoms. The van der Waals surface area contributed by atoms with Crippen LogP contribution in [0.1, 0.15) is 84.0 Å². The van der Waals surface area contributed by atoms with E-state index in [1.54, 1.807) is 0 Å². The van der Waals surface area contributed by atoms with Gasteiger partial charge >= 0.3 is 0 Å². The molecule has 3 saturated carbocycles. The molecule has 0 spiro atoms. The van der Waals surface area contributed by atoms with Crippen LogP contribution in [0.2, 0.25) is 0 Å². The maximum absolute atomic E-state index is 3.98. The second kappa shape index (κ2) is 7.34. The van der Waals surface area contributed by atoms with Crippen LogP contribution < -0.4 is 0 Å². The molecule has 0 amide bonds. The van der Waals surface area contributed by atoms with E-state index in [1.165, 1.54) is 77.0 Å². The SMILES string of the molecule is C=CC1CC[C](C2CC[C](C3CCC(C)CC3)CC2)CC1. The van der Waals surface area contributed by atoms with E-state index in [1.807, 2.05) is 11.8 Å². The number of rotatable bonds is 3. The van der Waals surface area contributed by atoms with E-state index in [4.69, 9.17) is 0 Å². The minimum absolute atomic E-state index is 0.809. The summed E-state index contributed by atoms with van der Waals surface area (Å²) in [6.45, 7) is 6.41. The molecule has 0 unspecified atom stereocenters. The predicted molar refractivity (Wildman–Crippen MR) is 91.7 cm³/mol. The highest BCUT2D eigenvalue weighted by molar-refractivity contribution is 5.09. The fourth-order valence-electron chi connectivity index (χ4n) is 5.13. The number of allylic oxidation sites excluding steroid dienone is 1. The Morgan fingerprint density at radius 3 is 1.71 bits per heavy atom. The molecule has 2 radical (unpaired) electrons. The minimum atomic E-state index is 0.809. The van der Waals surface area contributed by atoms with Gasteiger partial charge in [-0.05, 0) is 99.7 Å². The van der Waals surface area contributed by atoms with Crippen molar-refractivity contribution in [2.24, 2.45) is 23.7 Å². The third-order valence-corrected chi connectivity index (χ3v) is 6.80. The van der Waals surface area contributed by atoms with Gasteiger partial charge in [0.1, 0.15) is 0 Å². The summed E-state index contributed by atoms with van der Waals surface area (Å²) in [7, 11) is 0. The maximum Gasteiger partial charge on any atom is -0.0210 e. The van der Waals surface area contributed by atoms with Gasteiger partial charge in [0.15, 0.2) is 0 Å². The lowest BCUT2D eigenvalue weighted by atomic mass is 9.65. The molecule has 0 bridgehead atoms. The van der Waals surface area contributed by atoms with Crippen molar-refractivity contribution >= 4 is 0 Å². The summed E-state index contributed by atoms with van der Waals surface area (Å²) in [6.07, 6.45) is 19.6. The smallest absolute Gasteiger partial charge is 0.0210 e. The van der Waals surface area contributed by atoms with Gasteiger partial charge in [0.2, 0.25) is 0 Å². The van der Waals surface area contributed by atoms with Crippen molar-refractivity contribution in [1.29, 1.82) is 0 Å². The Morgan fingerprint density at radius 2 is 1.19 bits per heavy atom. The first-order valence-electron chi connectivity index (χ1n) is 9.58. The zero-order chi connectivity index (χ0) is 14.7. The Kier molecular flexibility index (Phi) is 5.46. The Bertz CT molecular complexity index is 307. The highest BCUT2D eigenvalue weighted by Gasteiger charge is 2.34. The summed E-state index contributed by atoms with van der Waals surface area (Å²) < 4.78 is 0. The Labute approximate surface area is 132 Å². The topological polar surface area (TPSA) is 0 Å². The molecule has 118 valence electrons. The van der Waals surface area contributed by atoms with Gasteiger partial charge in [0.05, 0.1) is 0 Å². The fourth-order valence-corrected chi connectivity index (χ4v) is 5.13. The van der Waals surface area contributed by atoms with Crippen LogP contribution in [0.4, 0.5) is 0 Å². The van der Waals surface area contributed by atoms with Gasteiger partial charge < -0.3 is 0 Å². The van der Waals surface area contributed by atoms with Crippen LogP contribution >= 0.6 is 0 Å². The minimum Gasteiger partial charge on any atom is -0.103 e. The van der Waals surface area contributed by atoms with Crippen molar-refractivity contribution in [3.05, 3.63) is 24.5 Å². The van der Waals surface area contributed by atoms with Crippen molar-refractivity contribution in [2.75, 3.05) is 0 Å². The molecule has 0 saturated heterocycles. The standard InChI is InChI=1S/C21H34/c1-3-17-6-10-19(11-7-17)21-14-12-20(13-15-21)18-8-4-16(2)5-9-18/h3,16-18,21H,1,4-15H2,2H3. The second-order valence-electron chi connectivity index (χ2n) is 8.12. The molecular formula is C21H34. The highest BCUT2D eigenvalue weighted by Crippen LogP contribution is 2.47. The molecule has 3 aliphatic carbocycles. The Hall–Kier alpha value is -0.260. The molecule has 0 atom stereocenters. The van der Waals surface area contributed by atoms with Gasteiger partial charge in [-0.15, -0.1) is 6.58 Å². The van der Waals surface area contributed by atoms with Crippen molar-refractivity contribution < 1.29 is 0 Å². The normalized spacial score (nSPS) is 34.9. The van der Waals surface area contributed by atoms with Gasteiger partial charge in [-0.25, -0.2) is 0 Å². The van der Waals surface area contributed by atoms with Crippen molar-refractivity contribution in [1.82, 2.24) is 0 Å². The van der Waals surface area contributed by atoms with Crippen LogP contribution in [0.5, 0.6) is 0 Å². The Morgan fingerprint density at radius 1 is 0.714 bits per heavy atom. The van der Waals surface area contributed by atoms with Crippen molar-refractivity contribution in [3.63, 3.8) is 0 Å². The summed E-state index contributed by atoms with van der Waals surface area (Å²) in [5.41, 5.74) is 0. The molecular weight excluding hydrogens is 252 g/mol. The van der Waals surface area contributed by atoms with Gasteiger partial charge in [-0.1, -0.05) is 25.8 Å². The van der Waals surface area contributed by atoms with Gasteiger partial charge in [-0.2, -0.15) is 0 Å². The lowest BCUT2D eigenvalue weighted by Crippen LogP contribution is -2.27. The first-order valence-corrected chi connectivity index (χ1v) is 9.58. The third-order valence-electron chi connectivity index (χ3n) is 6.80. The van der Waals surface area contributed by atoms with Gasteiger partial charge in [0, 0.05) is 0 Å². The molecule has 0 aliphatic heterocycles. The van der Waals surface area contributed by atoms with E-state index in [0.29, 0.717) is 0 Å². The first-order chi connectivity index (χ1) is 10.3. The van der Waals surface area contributed by atoms with E-state index in [9.17, 15) is 0 Å². The lowest BCUT2D eigenvalue weighted by molar-refractivity contribution is 0.245. The molecule has 0 heterocycles. The van der Waals surface area contributed by atoms with Crippen LogP contribution in [0.15, 0.2) is 12.7 Å². The highest BCUT2D eigenvalue weighted by atomic mass is 14.4. The largest absolute Gasteiger partial charge is 0.103 e. The summed E-state index contributed by atoms with van der Waals surface area (Å²) in [6, 6.07) is 0. The second-order valence-corrected chi connectivity index (χ2v) is 8.12. The molecule has 3 rings (SSSR count). The summed E-state index contributed by atoms with van der Waals surface area (Å²) in [5, 5.41) is 0. The molecule has 0 aromatic carbocycles. The van der Waals surface area contributed by atoms with E-state index in [0.717, 1.165) is 23.7 Å². The van der Waals surface area contributed by atoms with E-state index < -0.39 is 0 Å². The van der Waals surface area contributed by atoms with Crippen LogP contribution in [0.3, 0.4) is 0 Å². The predicted octanol–water partition coefficient (Wildman–Crippen LogP) is 6.53. The fraction of sp³-hybridized carbons (Fsp3) is 0.810. The monoisotopic (exact) mass is 286 g/mol. The van der Waals surface area contributed by atoms with E-state index in [-0.39, 0.29) is 0 Å². The summed E-state index contributed by atoms with van der Waals surface area (Å²) >= 11 is 0. The van der Waals surface area contributed by atoms with E-state index >= 15 is 0 Å². The summed E-state index contributed by atoms with van der Waals surface area (Å²) in [5.74, 6) is 7.66. The average Bonchev–Trinajstić information content (AvgIpc) is 2.56. The molecule has 0 heteroatoms. The molecule has 0 aromatic heterocycles. The third kappa shape index (κ3) is 3.93. The average molecular weight is 287 g/mol. The number of hydrogen-bond donors (Lipinski definition) is 0. The van der Waals surface area contributed by atoms with Crippen molar-refractivity contribution in [3.8, 4) is 0 Å². The van der Waals surface area contributed by atoms with Gasteiger partial charge in [0.25, 0.3) is 0 Å². The summed E-state index contributed by atoms with van der Waals surface area (Å²) in [4.78, 5) is 0. The molecule has 0 nitrogen and oxygen atoms in total. The van der Waals surface area contributed by atoms with Crippen LogP contribution in [0.25, 0.3) is 0 Å². The first kappa shape index (κ1) is 15.6. The molecule has 3 fully saturated rings. The zero-order valence-electron chi connectivity index (χ0n) is 14.1. The van der Waals surface area contributed by atoms with Crippen LogP contribution in [0, 0.1) is 35.5 Å². The van der Waals surface area contributed by atoms with Crippen LogP contribution in [-0.4, -0.2) is 0 Å². The molecule has 3 aliphatic rings.